The number of rotatable bonds is 5. The predicted molar refractivity (Wildman–Crippen MR) is 72.0 cm³/mol. The first-order chi connectivity index (χ1) is 8.79. The van der Waals surface area contributed by atoms with Crippen molar-refractivity contribution in [1.29, 1.82) is 0 Å². The van der Waals surface area contributed by atoms with Crippen LogP contribution in [0, 0.1) is 23.7 Å². The van der Waals surface area contributed by atoms with Crippen LogP contribution in [-0.2, 0) is 4.79 Å². The molecule has 0 spiro atoms. The maximum Gasteiger partial charge on any atom is 0.234 e. The van der Waals surface area contributed by atoms with Crippen molar-refractivity contribution in [2.24, 2.45) is 23.7 Å². The van der Waals surface area contributed by atoms with Gasteiger partial charge in [0.15, 0.2) is 0 Å². The zero-order valence-corrected chi connectivity index (χ0v) is 11.0. The second kappa shape index (κ2) is 5.04. The van der Waals surface area contributed by atoms with E-state index in [4.69, 9.17) is 0 Å². The Hall–Kier alpha value is -0.830. The molecule has 1 amide bonds. The molecule has 5 unspecified atom stereocenters. The van der Waals surface area contributed by atoms with Gasteiger partial charge in [-0.05, 0) is 49.4 Å². The Bertz CT molecular complexity index is 341. The van der Waals surface area contributed by atoms with Gasteiger partial charge in [0.05, 0.1) is 6.54 Å². The summed E-state index contributed by atoms with van der Waals surface area (Å²) in [6.45, 7) is 4.76. The maximum atomic E-state index is 11.8. The van der Waals surface area contributed by atoms with Gasteiger partial charge in [-0.15, -0.1) is 6.58 Å². The van der Waals surface area contributed by atoms with Crippen molar-refractivity contribution in [2.75, 3.05) is 13.1 Å². The van der Waals surface area contributed by atoms with E-state index in [1.54, 1.807) is 6.08 Å². The van der Waals surface area contributed by atoms with Crippen LogP contribution in [0.25, 0.3) is 0 Å². The molecule has 0 heterocycles. The van der Waals surface area contributed by atoms with Crippen molar-refractivity contribution in [3.8, 4) is 0 Å². The first kappa shape index (κ1) is 12.2. The molecule has 0 saturated heterocycles. The van der Waals surface area contributed by atoms with Crippen LogP contribution in [0.1, 0.15) is 32.1 Å². The second-order valence-electron chi connectivity index (χ2n) is 6.25. The lowest BCUT2D eigenvalue weighted by Gasteiger charge is -2.32. The number of carbonyl (C=O) groups is 1. The lowest BCUT2D eigenvalue weighted by atomic mass is 9.79. The molecule has 3 fully saturated rings. The molecule has 3 rings (SSSR count). The van der Waals surface area contributed by atoms with E-state index in [2.05, 4.69) is 17.2 Å². The largest absolute Gasteiger partial charge is 0.352 e. The molecule has 2 N–H and O–H groups in total. The third-order valence-corrected chi connectivity index (χ3v) is 5.35. The molecule has 0 aromatic heterocycles. The Balaban J connectivity index is 1.50. The van der Waals surface area contributed by atoms with Gasteiger partial charge in [0.1, 0.15) is 0 Å². The summed E-state index contributed by atoms with van der Waals surface area (Å²) in [5.41, 5.74) is 0. The summed E-state index contributed by atoms with van der Waals surface area (Å²) < 4.78 is 0. The summed E-state index contributed by atoms with van der Waals surface area (Å²) in [6.07, 6.45) is 8.68. The highest BCUT2D eigenvalue weighted by Crippen LogP contribution is 2.58. The fourth-order valence-corrected chi connectivity index (χ4v) is 4.78. The van der Waals surface area contributed by atoms with E-state index in [-0.39, 0.29) is 5.91 Å². The summed E-state index contributed by atoms with van der Waals surface area (Å²) in [7, 11) is 0. The highest BCUT2D eigenvalue weighted by molar-refractivity contribution is 5.78. The van der Waals surface area contributed by atoms with Gasteiger partial charge in [0, 0.05) is 12.6 Å². The average Bonchev–Trinajstić information content (AvgIpc) is 3.00. The molecule has 0 radical (unpaired) electrons. The molecule has 18 heavy (non-hydrogen) atoms. The third-order valence-electron chi connectivity index (χ3n) is 5.35. The highest BCUT2D eigenvalue weighted by atomic mass is 16.2. The van der Waals surface area contributed by atoms with Crippen molar-refractivity contribution in [2.45, 2.75) is 38.1 Å². The monoisotopic (exact) mass is 248 g/mol. The van der Waals surface area contributed by atoms with Gasteiger partial charge in [-0.2, -0.15) is 0 Å². The number of hydrogen-bond donors (Lipinski definition) is 2. The van der Waals surface area contributed by atoms with Crippen LogP contribution in [0.2, 0.25) is 0 Å². The van der Waals surface area contributed by atoms with Crippen LogP contribution >= 0.6 is 0 Å². The molecular weight excluding hydrogens is 224 g/mol. The van der Waals surface area contributed by atoms with E-state index in [0.29, 0.717) is 19.1 Å². The van der Waals surface area contributed by atoms with Gasteiger partial charge in [0.2, 0.25) is 5.91 Å². The first-order valence-electron chi connectivity index (χ1n) is 7.40. The SMILES string of the molecule is C=CCNCC(=O)NC1CC2CC1C1CCCC21. The van der Waals surface area contributed by atoms with Gasteiger partial charge in [-0.25, -0.2) is 0 Å². The van der Waals surface area contributed by atoms with Crippen LogP contribution < -0.4 is 10.6 Å². The van der Waals surface area contributed by atoms with Crippen LogP contribution in [0.15, 0.2) is 12.7 Å². The van der Waals surface area contributed by atoms with Gasteiger partial charge in [-0.1, -0.05) is 12.5 Å². The van der Waals surface area contributed by atoms with E-state index < -0.39 is 0 Å². The minimum atomic E-state index is 0.156. The van der Waals surface area contributed by atoms with Gasteiger partial charge >= 0.3 is 0 Å². The fourth-order valence-electron chi connectivity index (χ4n) is 4.78. The summed E-state index contributed by atoms with van der Waals surface area (Å²) in [4.78, 5) is 11.8. The molecule has 0 aliphatic heterocycles. The Morgan fingerprint density at radius 3 is 2.89 bits per heavy atom. The number of nitrogens with one attached hydrogen (secondary N) is 2. The van der Waals surface area contributed by atoms with Crippen molar-refractivity contribution >= 4 is 5.91 Å². The van der Waals surface area contributed by atoms with Gasteiger partial charge < -0.3 is 10.6 Å². The molecule has 3 saturated carbocycles. The quantitative estimate of drug-likeness (QED) is 0.574. The summed E-state index contributed by atoms with van der Waals surface area (Å²) >= 11 is 0. The number of hydrogen-bond acceptors (Lipinski definition) is 2. The minimum absolute atomic E-state index is 0.156. The molecule has 100 valence electrons. The number of fused-ring (bicyclic) bond motifs is 5. The first-order valence-corrected chi connectivity index (χ1v) is 7.40. The predicted octanol–water partition coefficient (Wildman–Crippen LogP) is 1.70. The highest BCUT2D eigenvalue weighted by Gasteiger charge is 2.53. The van der Waals surface area contributed by atoms with Crippen molar-refractivity contribution in [3.05, 3.63) is 12.7 Å². The average molecular weight is 248 g/mol. The van der Waals surface area contributed by atoms with E-state index in [1.165, 1.54) is 32.1 Å². The molecule has 3 heteroatoms. The molecule has 0 aromatic carbocycles. The lowest BCUT2D eigenvalue weighted by molar-refractivity contribution is -0.121. The van der Waals surface area contributed by atoms with Gasteiger partial charge in [0.25, 0.3) is 0 Å². The van der Waals surface area contributed by atoms with E-state index in [9.17, 15) is 4.79 Å². The minimum Gasteiger partial charge on any atom is -0.352 e. The number of carbonyl (C=O) groups excluding carboxylic acids is 1. The topological polar surface area (TPSA) is 41.1 Å². The Labute approximate surface area is 109 Å². The van der Waals surface area contributed by atoms with Crippen LogP contribution in [0.4, 0.5) is 0 Å². The van der Waals surface area contributed by atoms with Crippen LogP contribution in [-0.4, -0.2) is 25.0 Å². The van der Waals surface area contributed by atoms with E-state index >= 15 is 0 Å². The van der Waals surface area contributed by atoms with Crippen LogP contribution in [0.5, 0.6) is 0 Å². The molecule has 3 aliphatic rings. The summed E-state index contributed by atoms with van der Waals surface area (Å²) in [6, 6.07) is 0.465. The van der Waals surface area contributed by atoms with E-state index in [1.807, 2.05) is 0 Å². The molecule has 5 atom stereocenters. The second-order valence-corrected chi connectivity index (χ2v) is 6.25. The Morgan fingerprint density at radius 1 is 1.22 bits per heavy atom. The number of amides is 1. The van der Waals surface area contributed by atoms with Crippen molar-refractivity contribution < 1.29 is 4.79 Å². The molecular formula is C15H24N2O. The molecule has 2 bridgehead atoms. The zero-order valence-electron chi connectivity index (χ0n) is 11.0. The van der Waals surface area contributed by atoms with E-state index in [0.717, 1.165) is 23.7 Å². The molecule has 0 aromatic rings. The molecule has 3 nitrogen and oxygen atoms in total. The fraction of sp³-hybridized carbons (Fsp3) is 0.800. The van der Waals surface area contributed by atoms with Crippen molar-refractivity contribution in [1.82, 2.24) is 10.6 Å². The Kier molecular flexibility index (Phi) is 3.42. The summed E-state index contributed by atoms with van der Waals surface area (Å²) in [5.74, 6) is 3.78. The van der Waals surface area contributed by atoms with Crippen LogP contribution in [0.3, 0.4) is 0 Å². The molecule has 3 aliphatic carbocycles. The standard InChI is InChI=1S/C15H24N2O/c1-2-6-16-9-15(18)17-14-8-10-7-13(14)12-5-3-4-11(10)12/h2,10-14,16H,1,3-9H2,(H,17,18). The lowest BCUT2D eigenvalue weighted by Crippen LogP contribution is -2.45. The maximum absolute atomic E-state index is 11.8. The Morgan fingerprint density at radius 2 is 2.06 bits per heavy atom. The summed E-state index contributed by atoms with van der Waals surface area (Å²) in [5, 5.41) is 6.32. The zero-order chi connectivity index (χ0) is 12.5. The third kappa shape index (κ3) is 2.09. The smallest absolute Gasteiger partial charge is 0.234 e. The van der Waals surface area contributed by atoms with Gasteiger partial charge in [-0.3, -0.25) is 4.79 Å². The normalized spacial score (nSPS) is 40.8. The van der Waals surface area contributed by atoms with Crippen molar-refractivity contribution in [3.63, 3.8) is 0 Å².